The topological polar surface area (TPSA) is 85.3 Å². The fourth-order valence-electron chi connectivity index (χ4n) is 4.64. The number of halogens is 1. The molecule has 1 fully saturated rings. The van der Waals surface area contributed by atoms with Crippen LogP contribution in [-0.4, -0.2) is 30.7 Å². The molecule has 35 heavy (non-hydrogen) atoms. The van der Waals surface area contributed by atoms with Gasteiger partial charge in [0.15, 0.2) is 11.5 Å². The zero-order valence-electron chi connectivity index (χ0n) is 19.3. The number of carbonyl (C=O) groups excluding carboxylic acids is 2. The van der Waals surface area contributed by atoms with Crippen LogP contribution in [0.5, 0.6) is 17.2 Å². The van der Waals surface area contributed by atoms with Crippen LogP contribution >= 0.6 is 11.6 Å². The predicted octanol–water partition coefficient (Wildman–Crippen LogP) is 5.32. The van der Waals surface area contributed by atoms with Gasteiger partial charge in [-0.3, -0.25) is 14.5 Å². The number of amides is 1. The Bertz CT molecular complexity index is 1400. The van der Waals surface area contributed by atoms with Gasteiger partial charge in [-0.25, -0.2) is 0 Å². The number of carbonyl (C=O) groups is 2. The predicted molar refractivity (Wildman–Crippen MR) is 131 cm³/mol. The molecule has 7 nitrogen and oxygen atoms in total. The number of hydrogen-bond donors (Lipinski definition) is 1. The maximum Gasteiger partial charge on any atom is 0.300 e. The molecule has 0 aliphatic carbocycles. The van der Waals surface area contributed by atoms with E-state index in [4.69, 9.17) is 25.8 Å². The van der Waals surface area contributed by atoms with Crippen molar-refractivity contribution in [3.05, 3.63) is 87.4 Å². The van der Waals surface area contributed by atoms with Crippen molar-refractivity contribution in [3.63, 3.8) is 0 Å². The number of hydrogen-bond acceptors (Lipinski definition) is 6. The van der Waals surface area contributed by atoms with Crippen LogP contribution in [-0.2, 0) is 9.59 Å². The molecule has 5 rings (SSSR count). The molecule has 0 radical (unpaired) electrons. The number of nitrogens with zero attached hydrogens (tertiary/aromatic N) is 1. The van der Waals surface area contributed by atoms with E-state index >= 15 is 0 Å². The molecular weight excluding hydrogens is 470 g/mol. The van der Waals surface area contributed by atoms with E-state index in [1.807, 2.05) is 19.9 Å². The summed E-state index contributed by atoms with van der Waals surface area (Å²) in [7, 11) is 1.50. The number of fused-ring (bicyclic) bond motifs is 1. The Morgan fingerprint density at radius 3 is 2.46 bits per heavy atom. The Morgan fingerprint density at radius 1 is 1.03 bits per heavy atom. The van der Waals surface area contributed by atoms with E-state index in [9.17, 15) is 14.7 Å². The van der Waals surface area contributed by atoms with E-state index < -0.39 is 17.7 Å². The maximum atomic E-state index is 13.4. The number of aliphatic hydroxyl groups excluding tert-OH is 1. The van der Waals surface area contributed by atoms with Gasteiger partial charge in [-0.1, -0.05) is 29.8 Å². The van der Waals surface area contributed by atoms with Gasteiger partial charge in [-0.05, 0) is 60.9 Å². The average molecular weight is 492 g/mol. The molecule has 1 saturated heterocycles. The molecule has 1 N–H and O–H groups in total. The number of aryl methyl sites for hydroxylation is 2. The summed E-state index contributed by atoms with van der Waals surface area (Å²) in [5.41, 5.74) is 3.00. The monoisotopic (exact) mass is 491 g/mol. The van der Waals surface area contributed by atoms with E-state index in [-0.39, 0.29) is 18.1 Å². The van der Waals surface area contributed by atoms with Crippen molar-refractivity contribution >= 4 is 34.7 Å². The van der Waals surface area contributed by atoms with Crippen LogP contribution in [0.4, 0.5) is 5.69 Å². The molecular formula is C27H22ClNO6. The van der Waals surface area contributed by atoms with E-state index in [2.05, 4.69) is 0 Å². The zero-order chi connectivity index (χ0) is 24.9. The third-order valence-corrected chi connectivity index (χ3v) is 6.39. The van der Waals surface area contributed by atoms with Crippen molar-refractivity contribution in [1.82, 2.24) is 0 Å². The molecule has 2 heterocycles. The van der Waals surface area contributed by atoms with Crippen LogP contribution in [0.15, 0.2) is 60.2 Å². The van der Waals surface area contributed by atoms with Crippen molar-refractivity contribution < 1.29 is 28.9 Å². The van der Waals surface area contributed by atoms with Crippen molar-refractivity contribution in [1.29, 1.82) is 0 Å². The summed E-state index contributed by atoms with van der Waals surface area (Å²) in [5, 5.41) is 12.0. The molecule has 2 aliphatic heterocycles. The zero-order valence-corrected chi connectivity index (χ0v) is 20.1. The van der Waals surface area contributed by atoms with Gasteiger partial charge in [0.1, 0.15) is 11.5 Å². The van der Waals surface area contributed by atoms with Gasteiger partial charge in [0.05, 0.1) is 24.3 Å². The van der Waals surface area contributed by atoms with Gasteiger partial charge < -0.3 is 19.3 Å². The molecule has 1 unspecified atom stereocenters. The SMILES string of the molecule is COc1c(C)cc(C)cc1/C(O)=C1\C(=O)C(=O)N(c2ccc3c(c2)OCO3)C1c1ccc(Cl)cc1. The lowest BCUT2D eigenvalue weighted by atomic mass is 9.93. The smallest absolute Gasteiger partial charge is 0.300 e. The first-order valence-corrected chi connectivity index (χ1v) is 11.3. The second-order valence-electron chi connectivity index (χ2n) is 8.42. The summed E-state index contributed by atoms with van der Waals surface area (Å²) in [4.78, 5) is 28.2. The largest absolute Gasteiger partial charge is 0.507 e. The second-order valence-corrected chi connectivity index (χ2v) is 8.86. The number of ether oxygens (including phenoxy) is 3. The molecule has 3 aromatic rings. The summed E-state index contributed by atoms with van der Waals surface area (Å²) < 4.78 is 16.4. The number of ketones is 1. The molecule has 0 aromatic heterocycles. The Balaban J connectivity index is 1.75. The standard InChI is InChI=1S/C27H22ClNO6/c1-14-10-15(2)26(33-3)19(11-14)24(30)22-23(16-4-6-17(28)7-5-16)29(27(32)25(22)31)18-8-9-20-21(12-18)35-13-34-20/h4-12,23,30H,13H2,1-3H3/b24-22+. The molecule has 0 saturated carbocycles. The number of methoxy groups -OCH3 is 1. The highest BCUT2D eigenvalue weighted by molar-refractivity contribution is 6.51. The Hall–Kier alpha value is -3.97. The maximum absolute atomic E-state index is 13.4. The van der Waals surface area contributed by atoms with Crippen LogP contribution in [0.3, 0.4) is 0 Å². The van der Waals surface area contributed by atoms with Gasteiger partial charge in [0.2, 0.25) is 6.79 Å². The highest BCUT2D eigenvalue weighted by Crippen LogP contribution is 2.46. The molecule has 2 aliphatic rings. The third-order valence-electron chi connectivity index (χ3n) is 6.14. The van der Waals surface area contributed by atoms with E-state index in [0.29, 0.717) is 39.1 Å². The minimum Gasteiger partial charge on any atom is -0.507 e. The first-order valence-electron chi connectivity index (χ1n) is 10.9. The average Bonchev–Trinajstić information content (AvgIpc) is 3.40. The van der Waals surface area contributed by atoms with Crippen LogP contribution in [0.2, 0.25) is 5.02 Å². The van der Waals surface area contributed by atoms with Crippen LogP contribution in [0.25, 0.3) is 5.76 Å². The van der Waals surface area contributed by atoms with Crippen molar-refractivity contribution in [3.8, 4) is 17.2 Å². The highest BCUT2D eigenvalue weighted by atomic mass is 35.5. The highest BCUT2D eigenvalue weighted by Gasteiger charge is 2.47. The first kappa shape index (κ1) is 22.8. The van der Waals surface area contributed by atoms with E-state index in [0.717, 1.165) is 11.1 Å². The quantitative estimate of drug-likeness (QED) is 0.302. The van der Waals surface area contributed by atoms with E-state index in [1.54, 1.807) is 48.5 Å². The summed E-state index contributed by atoms with van der Waals surface area (Å²) in [5.74, 6) is -0.439. The number of Topliss-reactive ketones (excluding diaryl/α,β-unsaturated/α-hetero) is 1. The van der Waals surface area contributed by atoms with Gasteiger partial charge >= 0.3 is 0 Å². The number of benzene rings is 3. The van der Waals surface area contributed by atoms with Gasteiger partial charge in [-0.15, -0.1) is 0 Å². The minimum absolute atomic E-state index is 0.0433. The van der Waals surface area contributed by atoms with Crippen molar-refractivity contribution in [2.24, 2.45) is 0 Å². The Labute approximate surface area is 207 Å². The van der Waals surface area contributed by atoms with Gasteiger partial charge in [0, 0.05) is 16.8 Å². The second kappa shape index (κ2) is 8.67. The number of anilines is 1. The summed E-state index contributed by atoms with van der Waals surface area (Å²) in [6.45, 7) is 3.81. The molecule has 0 spiro atoms. The lowest BCUT2D eigenvalue weighted by molar-refractivity contribution is -0.132. The third kappa shape index (κ3) is 3.78. The van der Waals surface area contributed by atoms with Crippen LogP contribution in [0, 0.1) is 13.8 Å². The minimum atomic E-state index is -0.904. The molecule has 1 atom stereocenters. The summed E-state index contributed by atoms with van der Waals surface area (Å²) >= 11 is 6.11. The molecule has 8 heteroatoms. The molecule has 0 bridgehead atoms. The lowest BCUT2D eigenvalue weighted by Crippen LogP contribution is -2.29. The first-order chi connectivity index (χ1) is 16.8. The van der Waals surface area contributed by atoms with Crippen molar-refractivity contribution in [2.75, 3.05) is 18.8 Å². The van der Waals surface area contributed by atoms with Crippen LogP contribution < -0.4 is 19.1 Å². The Morgan fingerprint density at radius 2 is 1.74 bits per heavy atom. The number of rotatable bonds is 4. The van der Waals surface area contributed by atoms with Crippen LogP contribution in [0.1, 0.15) is 28.3 Å². The fraction of sp³-hybridized carbons (Fsp3) is 0.185. The molecule has 3 aromatic carbocycles. The van der Waals surface area contributed by atoms with Gasteiger partial charge in [0.25, 0.3) is 11.7 Å². The van der Waals surface area contributed by atoms with Gasteiger partial charge in [-0.2, -0.15) is 0 Å². The lowest BCUT2D eigenvalue weighted by Gasteiger charge is -2.26. The summed E-state index contributed by atoms with van der Waals surface area (Å²) in [6.07, 6.45) is 0. The van der Waals surface area contributed by atoms with E-state index in [1.165, 1.54) is 12.0 Å². The fourth-order valence-corrected chi connectivity index (χ4v) is 4.77. The molecule has 178 valence electrons. The Kier molecular flexibility index (Phi) is 5.65. The van der Waals surface area contributed by atoms with Crippen molar-refractivity contribution in [2.45, 2.75) is 19.9 Å². The normalized spacial score (nSPS) is 18.3. The number of aliphatic hydroxyl groups is 1. The molecule has 1 amide bonds. The summed E-state index contributed by atoms with van der Waals surface area (Å²) in [6, 6.07) is 14.6.